The fraction of sp³-hybridized carbons (Fsp3) is 0.364. The van der Waals surface area contributed by atoms with Crippen LogP contribution in [-0.4, -0.2) is 15.4 Å². The normalized spacial score (nSPS) is 26.5. The minimum Gasteiger partial charge on any atom is -0.481 e. The fourth-order valence-electron chi connectivity index (χ4n) is 1.91. The molecular weight excluding hydrogens is 254 g/mol. The molecule has 0 aromatic heterocycles. The number of hydrogen-bond donors (Lipinski definition) is 1. The van der Waals surface area contributed by atoms with E-state index < -0.39 is 22.1 Å². The number of aliphatic carboxylic acids is 1. The van der Waals surface area contributed by atoms with Crippen LogP contribution in [0.5, 0.6) is 0 Å². The molecule has 0 amide bonds. The number of alkyl halides is 2. The van der Waals surface area contributed by atoms with Crippen LogP contribution in [0, 0.1) is 18.7 Å². The van der Waals surface area contributed by atoms with E-state index in [0.717, 1.165) is 0 Å². The Morgan fingerprint density at radius 2 is 2.12 bits per heavy atom. The molecule has 1 aliphatic carbocycles. The molecule has 0 unspecified atom stereocenters. The third-order valence-corrected chi connectivity index (χ3v) is 3.80. The highest BCUT2D eigenvalue weighted by atomic mass is 35.5. The van der Waals surface area contributed by atoms with Gasteiger partial charge in [-0.1, -0.05) is 35.3 Å². The minimum atomic E-state index is -1.28. The van der Waals surface area contributed by atoms with Crippen LogP contribution < -0.4 is 0 Å². The predicted octanol–water partition coefficient (Wildman–Crippen LogP) is 3.11. The molecule has 1 aliphatic rings. The first-order chi connectivity index (χ1) is 7.35. The van der Waals surface area contributed by atoms with Crippen LogP contribution in [0.2, 0.25) is 0 Å². The number of halogens is 3. The van der Waals surface area contributed by atoms with Crippen molar-refractivity contribution in [3.8, 4) is 0 Å². The molecule has 2 atom stereocenters. The molecule has 1 aromatic carbocycles. The van der Waals surface area contributed by atoms with Crippen molar-refractivity contribution in [3.63, 3.8) is 0 Å². The first kappa shape index (κ1) is 11.7. The molecule has 0 bridgehead atoms. The highest BCUT2D eigenvalue weighted by Gasteiger charge is 2.68. The zero-order chi connectivity index (χ0) is 12.1. The van der Waals surface area contributed by atoms with Crippen LogP contribution in [0.25, 0.3) is 0 Å². The van der Waals surface area contributed by atoms with E-state index in [-0.39, 0.29) is 5.82 Å². The van der Waals surface area contributed by atoms with Gasteiger partial charge in [0, 0.05) is 5.92 Å². The van der Waals surface area contributed by atoms with Crippen LogP contribution in [0.1, 0.15) is 17.0 Å². The zero-order valence-corrected chi connectivity index (χ0v) is 9.89. The Morgan fingerprint density at radius 3 is 2.56 bits per heavy atom. The van der Waals surface area contributed by atoms with Crippen LogP contribution in [-0.2, 0) is 4.79 Å². The van der Waals surface area contributed by atoms with Crippen LogP contribution in [0.4, 0.5) is 4.39 Å². The van der Waals surface area contributed by atoms with E-state index in [1.807, 2.05) is 0 Å². The van der Waals surface area contributed by atoms with E-state index in [1.165, 1.54) is 12.1 Å². The quantitative estimate of drug-likeness (QED) is 0.832. The Bertz CT molecular complexity index is 459. The van der Waals surface area contributed by atoms with Gasteiger partial charge in [-0.2, -0.15) is 0 Å². The average molecular weight is 263 g/mol. The van der Waals surface area contributed by atoms with Crippen LogP contribution in [0.15, 0.2) is 18.2 Å². The van der Waals surface area contributed by atoms with Crippen molar-refractivity contribution in [1.29, 1.82) is 0 Å². The summed E-state index contributed by atoms with van der Waals surface area (Å²) in [7, 11) is 0. The van der Waals surface area contributed by atoms with E-state index in [2.05, 4.69) is 0 Å². The number of carboxylic acids is 1. The SMILES string of the molecule is Cc1cc([C@H]2[C@H](C(=O)O)C2(Cl)Cl)ccc1F. The van der Waals surface area contributed by atoms with Gasteiger partial charge in [0.2, 0.25) is 0 Å². The number of rotatable bonds is 2. The van der Waals surface area contributed by atoms with Crippen molar-refractivity contribution in [2.24, 2.45) is 5.92 Å². The summed E-state index contributed by atoms with van der Waals surface area (Å²) in [4.78, 5) is 10.9. The predicted molar refractivity (Wildman–Crippen MR) is 59.4 cm³/mol. The van der Waals surface area contributed by atoms with Gasteiger partial charge in [0.1, 0.15) is 10.2 Å². The summed E-state index contributed by atoms with van der Waals surface area (Å²) in [6.07, 6.45) is 0. The van der Waals surface area contributed by atoms with E-state index in [1.54, 1.807) is 13.0 Å². The summed E-state index contributed by atoms with van der Waals surface area (Å²) in [5.41, 5.74) is 1.12. The molecule has 1 saturated carbocycles. The third-order valence-electron chi connectivity index (χ3n) is 2.86. The van der Waals surface area contributed by atoms with E-state index >= 15 is 0 Å². The second-order valence-electron chi connectivity index (χ2n) is 3.98. The summed E-state index contributed by atoms with van der Waals surface area (Å²) in [6.45, 7) is 1.61. The van der Waals surface area contributed by atoms with E-state index in [9.17, 15) is 9.18 Å². The Morgan fingerprint density at radius 1 is 1.50 bits per heavy atom. The van der Waals surface area contributed by atoms with Crippen LogP contribution >= 0.6 is 23.2 Å². The first-order valence-electron chi connectivity index (χ1n) is 4.72. The number of aryl methyl sites for hydroxylation is 1. The second-order valence-corrected chi connectivity index (χ2v) is 5.42. The zero-order valence-electron chi connectivity index (χ0n) is 8.38. The summed E-state index contributed by atoms with van der Waals surface area (Å²) < 4.78 is 11.8. The van der Waals surface area contributed by atoms with Gasteiger partial charge in [-0.05, 0) is 24.1 Å². The van der Waals surface area contributed by atoms with Gasteiger partial charge in [-0.15, -0.1) is 0 Å². The maximum Gasteiger partial charge on any atom is 0.310 e. The van der Waals surface area contributed by atoms with Gasteiger partial charge in [0.15, 0.2) is 0 Å². The van der Waals surface area contributed by atoms with Gasteiger partial charge in [-0.3, -0.25) is 4.79 Å². The molecule has 2 nitrogen and oxygen atoms in total. The molecule has 1 aromatic rings. The largest absolute Gasteiger partial charge is 0.481 e. The molecule has 1 fully saturated rings. The molecule has 16 heavy (non-hydrogen) atoms. The molecule has 2 rings (SSSR count). The van der Waals surface area contributed by atoms with Gasteiger partial charge in [0.25, 0.3) is 0 Å². The molecule has 0 saturated heterocycles. The molecule has 5 heteroatoms. The molecular formula is C11H9Cl2FO2. The lowest BCUT2D eigenvalue weighted by Crippen LogP contribution is -2.03. The lowest BCUT2D eigenvalue weighted by molar-refractivity contribution is -0.138. The monoisotopic (exact) mass is 262 g/mol. The summed E-state index contributed by atoms with van der Waals surface area (Å²) in [5, 5.41) is 8.90. The number of hydrogen-bond acceptors (Lipinski definition) is 1. The second kappa shape index (κ2) is 3.60. The third kappa shape index (κ3) is 1.68. The van der Waals surface area contributed by atoms with Crippen molar-refractivity contribution >= 4 is 29.2 Å². The van der Waals surface area contributed by atoms with Gasteiger partial charge < -0.3 is 5.11 Å². The molecule has 0 aliphatic heterocycles. The summed E-state index contributed by atoms with van der Waals surface area (Å²) in [6, 6.07) is 4.41. The average Bonchev–Trinajstić information content (AvgIpc) is 2.74. The number of carboxylic acid groups (broad SMARTS) is 1. The van der Waals surface area contributed by atoms with Crippen molar-refractivity contribution in [1.82, 2.24) is 0 Å². The Balaban J connectivity index is 2.33. The lowest BCUT2D eigenvalue weighted by atomic mass is 10.1. The van der Waals surface area contributed by atoms with Crippen molar-refractivity contribution < 1.29 is 14.3 Å². The standard InChI is InChI=1S/C11H9Cl2FO2/c1-5-4-6(2-3-7(5)14)8-9(10(15)16)11(8,12)13/h2-4,8-9H,1H3,(H,15,16)/t8-,9+/m0/s1. The maximum atomic E-state index is 13.0. The molecule has 0 spiro atoms. The topological polar surface area (TPSA) is 37.3 Å². The fourth-order valence-corrected chi connectivity index (χ4v) is 2.73. The molecule has 0 heterocycles. The van der Waals surface area contributed by atoms with Gasteiger partial charge in [-0.25, -0.2) is 4.39 Å². The van der Waals surface area contributed by atoms with Crippen LogP contribution in [0.3, 0.4) is 0 Å². The van der Waals surface area contributed by atoms with Gasteiger partial charge >= 0.3 is 5.97 Å². The van der Waals surface area contributed by atoms with Gasteiger partial charge in [0.05, 0.1) is 5.92 Å². The maximum absolute atomic E-state index is 13.0. The summed E-state index contributed by atoms with van der Waals surface area (Å²) in [5.74, 6) is -2.64. The van der Waals surface area contributed by atoms with Crippen molar-refractivity contribution in [2.45, 2.75) is 17.2 Å². The lowest BCUT2D eigenvalue weighted by Gasteiger charge is -2.02. The Labute approximate surface area is 102 Å². The highest BCUT2D eigenvalue weighted by molar-refractivity contribution is 6.53. The Kier molecular flexibility index (Phi) is 2.63. The smallest absolute Gasteiger partial charge is 0.310 e. The molecule has 1 N–H and O–H groups in total. The van der Waals surface area contributed by atoms with Crippen molar-refractivity contribution in [3.05, 3.63) is 35.1 Å². The first-order valence-corrected chi connectivity index (χ1v) is 5.48. The summed E-state index contributed by atoms with van der Waals surface area (Å²) >= 11 is 11.8. The molecule has 0 radical (unpaired) electrons. The molecule has 86 valence electrons. The van der Waals surface area contributed by atoms with E-state index in [0.29, 0.717) is 11.1 Å². The number of benzene rings is 1. The Hall–Kier alpha value is -0.800. The minimum absolute atomic E-state index is 0.328. The van der Waals surface area contributed by atoms with E-state index in [4.69, 9.17) is 28.3 Å². The number of carbonyl (C=O) groups is 1. The van der Waals surface area contributed by atoms with Crippen molar-refractivity contribution in [2.75, 3.05) is 0 Å². The highest BCUT2D eigenvalue weighted by Crippen LogP contribution is 2.65.